The Kier molecular flexibility index (Phi) is 8.41. The number of benzene rings is 2. The molecule has 1 N–H and O–H groups in total. The molecule has 0 saturated carbocycles. The van der Waals surface area contributed by atoms with E-state index in [1.165, 1.54) is 23.5 Å². The van der Waals surface area contributed by atoms with Crippen LogP contribution in [0.4, 0.5) is 0 Å². The number of nitrogens with one attached hydrogen (secondary N) is 1. The summed E-state index contributed by atoms with van der Waals surface area (Å²) < 4.78 is 37.2. The van der Waals surface area contributed by atoms with E-state index in [2.05, 4.69) is 10.1 Å². The van der Waals surface area contributed by atoms with E-state index in [9.17, 15) is 22.8 Å². The van der Waals surface area contributed by atoms with Crippen LogP contribution in [0.2, 0.25) is 0 Å². The summed E-state index contributed by atoms with van der Waals surface area (Å²) in [5.41, 5.74) is 2.07. The van der Waals surface area contributed by atoms with Crippen LogP contribution in [0.15, 0.2) is 53.4 Å². The van der Waals surface area contributed by atoms with Crippen molar-refractivity contribution in [1.82, 2.24) is 9.62 Å². The first-order valence-electron chi connectivity index (χ1n) is 10.9. The number of hydrogen-bond acceptors (Lipinski definition) is 7. The first-order valence-corrected chi connectivity index (χ1v) is 12.4. The zero-order valence-corrected chi connectivity index (χ0v) is 20.0. The van der Waals surface area contributed by atoms with Crippen molar-refractivity contribution in [3.05, 3.63) is 65.2 Å². The van der Waals surface area contributed by atoms with Crippen molar-refractivity contribution in [2.45, 2.75) is 43.7 Å². The third-order valence-corrected chi connectivity index (χ3v) is 7.49. The number of nitrogens with zero attached hydrogens (tertiary/aromatic N) is 1. The highest BCUT2D eigenvalue weighted by atomic mass is 32.2. The van der Waals surface area contributed by atoms with Gasteiger partial charge in [0.05, 0.1) is 17.6 Å². The van der Waals surface area contributed by atoms with E-state index in [4.69, 9.17) is 4.74 Å². The maximum atomic E-state index is 13.1. The molecule has 0 aliphatic carbocycles. The minimum atomic E-state index is -3.87. The lowest BCUT2D eigenvalue weighted by Crippen LogP contribution is -2.49. The van der Waals surface area contributed by atoms with Gasteiger partial charge in [-0.25, -0.2) is 13.2 Å². The van der Waals surface area contributed by atoms with Crippen LogP contribution in [-0.2, 0) is 35.6 Å². The van der Waals surface area contributed by atoms with Gasteiger partial charge in [0.1, 0.15) is 6.04 Å². The van der Waals surface area contributed by atoms with Crippen LogP contribution < -0.4 is 5.32 Å². The van der Waals surface area contributed by atoms with Gasteiger partial charge in [-0.2, -0.15) is 4.31 Å². The standard InChI is InChI=1S/C24H28N2O7S/c1-17-6-12-20(13-7-17)34(30,31)26-14-4-3-5-21(26)24(29)33-16-22(27)25-15-18-8-10-19(11-9-18)23(28)32-2/h6-13,21H,3-5,14-16H2,1-2H3,(H,25,27). The summed E-state index contributed by atoms with van der Waals surface area (Å²) in [6, 6.07) is 12.0. The summed E-state index contributed by atoms with van der Waals surface area (Å²) in [4.78, 5) is 36.4. The quantitative estimate of drug-likeness (QED) is 0.566. The normalized spacial score (nSPS) is 16.5. The molecule has 1 atom stereocenters. The third kappa shape index (κ3) is 6.21. The van der Waals surface area contributed by atoms with Crippen molar-refractivity contribution in [3.8, 4) is 0 Å². The number of sulfonamides is 1. The van der Waals surface area contributed by atoms with Gasteiger partial charge in [-0.05, 0) is 56.0 Å². The Balaban J connectivity index is 1.55. The van der Waals surface area contributed by atoms with E-state index in [0.717, 1.165) is 11.1 Å². The molecule has 1 unspecified atom stereocenters. The molecule has 3 rings (SSSR count). The Hall–Kier alpha value is -3.24. The number of methoxy groups -OCH3 is 1. The van der Waals surface area contributed by atoms with Crippen LogP contribution in [0, 0.1) is 6.92 Å². The largest absolute Gasteiger partial charge is 0.465 e. The van der Waals surface area contributed by atoms with E-state index < -0.39 is 40.5 Å². The molecule has 0 radical (unpaired) electrons. The van der Waals surface area contributed by atoms with E-state index in [1.54, 1.807) is 36.4 Å². The average molecular weight is 489 g/mol. The van der Waals surface area contributed by atoms with Crippen LogP contribution in [0.25, 0.3) is 0 Å². The van der Waals surface area contributed by atoms with Crippen LogP contribution in [0.5, 0.6) is 0 Å². The van der Waals surface area contributed by atoms with Gasteiger partial charge in [-0.1, -0.05) is 29.8 Å². The molecule has 1 amide bonds. The summed E-state index contributed by atoms with van der Waals surface area (Å²) in [6.45, 7) is 1.73. The first-order chi connectivity index (χ1) is 16.2. The first kappa shape index (κ1) is 25.4. The molecule has 1 aliphatic heterocycles. The van der Waals surface area contributed by atoms with Crippen LogP contribution >= 0.6 is 0 Å². The van der Waals surface area contributed by atoms with Crippen molar-refractivity contribution < 1.29 is 32.3 Å². The smallest absolute Gasteiger partial charge is 0.337 e. The van der Waals surface area contributed by atoms with Crippen LogP contribution in [0.3, 0.4) is 0 Å². The zero-order chi connectivity index (χ0) is 24.7. The van der Waals surface area contributed by atoms with E-state index in [-0.39, 0.29) is 18.0 Å². The molecule has 182 valence electrons. The predicted molar refractivity (Wildman–Crippen MR) is 123 cm³/mol. The molecule has 2 aromatic rings. The fourth-order valence-electron chi connectivity index (χ4n) is 3.63. The molecular weight excluding hydrogens is 460 g/mol. The zero-order valence-electron chi connectivity index (χ0n) is 19.2. The number of aryl methyl sites for hydroxylation is 1. The third-order valence-electron chi connectivity index (χ3n) is 5.56. The van der Waals surface area contributed by atoms with Gasteiger partial charge >= 0.3 is 11.9 Å². The SMILES string of the molecule is COC(=O)c1ccc(CNC(=O)COC(=O)C2CCCCN2S(=O)(=O)c2ccc(C)cc2)cc1. The van der Waals surface area contributed by atoms with Crippen molar-refractivity contribution >= 4 is 27.9 Å². The van der Waals surface area contributed by atoms with Gasteiger partial charge < -0.3 is 14.8 Å². The van der Waals surface area contributed by atoms with Gasteiger partial charge in [0.2, 0.25) is 10.0 Å². The lowest BCUT2D eigenvalue weighted by molar-refractivity contribution is -0.153. The Bertz CT molecular complexity index is 1130. The number of carbonyl (C=O) groups excluding carboxylic acids is 3. The molecule has 9 nitrogen and oxygen atoms in total. The molecule has 2 aromatic carbocycles. The summed E-state index contributed by atoms with van der Waals surface area (Å²) in [6.07, 6.45) is 1.66. The second-order valence-corrected chi connectivity index (χ2v) is 9.90. The van der Waals surface area contributed by atoms with Crippen molar-refractivity contribution in [3.63, 3.8) is 0 Å². The summed E-state index contributed by atoms with van der Waals surface area (Å²) >= 11 is 0. The number of carbonyl (C=O) groups is 3. The topological polar surface area (TPSA) is 119 Å². The molecule has 34 heavy (non-hydrogen) atoms. The Morgan fingerprint density at radius 2 is 1.71 bits per heavy atom. The van der Waals surface area contributed by atoms with E-state index >= 15 is 0 Å². The highest BCUT2D eigenvalue weighted by Crippen LogP contribution is 2.26. The predicted octanol–water partition coefficient (Wildman–Crippen LogP) is 2.18. The highest BCUT2D eigenvalue weighted by Gasteiger charge is 2.38. The Morgan fingerprint density at radius 3 is 2.35 bits per heavy atom. The lowest BCUT2D eigenvalue weighted by atomic mass is 10.1. The fourth-order valence-corrected chi connectivity index (χ4v) is 5.28. The van der Waals surface area contributed by atoms with Gasteiger partial charge in [0.25, 0.3) is 5.91 Å². The Labute approximate surface area is 199 Å². The molecule has 1 aliphatic rings. The number of rotatable bonds is 8. The highest BCUT2D eigenvalue weighted by molar-refractivity contribution is 7.89. The number of esters is 2. The molecule has 0 spiro atoms. The van der Waals surface area contributed by atoms with Gasteiger partial charge in [0.15, 0.2) is 6.61 Å². The summed E-state index contributed by atoms with van der Waals surface area (Å²) in [5, 5.41) is 2.63. The molecule has 1 fully saturated rings. The number of amides is 1. The summed E-state index contributed by atoms with van der Waals surface area (Å²) in [5.74, 6) is -1.72. The second-order valence-electron chi connectivity index (χ2n) is 8.01. The minimum absolute atomic E-state index is 0.119. The molecule has 10 heteroatoms. The van der Waals surface area contributed by atoms with Gasteiger partial charge in [0, 0.05) is 13.1 Å². The van der Waals surface area contributed by atoms with Crippen molar-refractivity contribution in [2.24, 2.45) is 0 Å². The van der Waals surface area contributed by atoms with E-state index in [0.29, 0.717) is 24.8 Å². The maximum absolute atomic E-state index is 13.1. The van der Waals surface area contributed by atoms with Crippen molar-refractivity contribution in [2.75, 3.05) is 20.3 Å². The van der Waals surface area contributed by atoms with Gasteiger partial charge in [-0.15, -0.1) is 0 Å². The lowest BCUT2D eigenvalue weighted by Gasteiger charge is -2.33. The summed E-state index contributed by atoms with van der Waals surface area (Å²) in [7, 11) is -2.58. The van der Waals surface area contributed by atoms with Gasteiger partial charge in [-0.3, -0.25) is 9.59 Å². The molecule has 1 heterocycles. The number of piperidine rings is 1. The van der Waals surface area contributed by atoms with Crippen LogP contribution in [-0.4, -0.2) is 56.9 Å². The second kappa shape index (κ2) is 11.3. The molecule has 0 aromatic heterocycles. The Morgan fingerprint density at radius 1 is 1.03 bits per heavy atom. The number of ether oxygens (including phenoxy) is 2. The fraction of sp³-hybridized carbons (Fsp3) is 0.375. The minimum Gasteiger partial charge on any atom is -0.465 e. The molecular formula is C24H28N2O7S. The van der Waals surface area contributed by atoms with Crippen LogP contribution in [0.1, 0.15) is 40.7 Å². The monoisotopic (exact) mass is 488 g/mol. The van der Waals surface area contributed by atoms with Crippen molar-refractivity contribution in [1.29, 1.82) is 0 Å². The average Bonchev–Trinajstić information content (AvgIpc) is 2.86. The van der Waals surface area contributed by atoms with E-state index in [1.807, 2.05) is 6.92 Å². The maximum Gasteiger partial charge on any atom is 0.337 e. The number of hydrogen-bond donors (Lipinski definition) is 1. The molecule has 0 bridgehead atoms. The molecule has 1 saturated heterocycles.